The van der Waals surface area contributed by atoms with E-state index in [0.29, 0.717) is 11.4 Å². The van der Waals surface area contributed by atoms with Gasteiger partial charge in [0.25, 0.3) is 5.91 Å². The predicted molar refractivity (Wildman–Crippen MR) is 78.8 cm³/mol. The Morgan fingerprint density at radius 1 is 1.22 bits per heavy atom. The van der Waals surface area contributed by atoms with E-state index in [0.717, 1.165) is 14.5 Å². The number of hydrogen-bond acceptors (Lipinski definition) is 2. The Morgan fingerprint density at radius 2 is 2.00 bits per heavy atom. The fraction of sp³-hybridized carbons (Fsp3) is 0.0769. The van der Waals surface area contributed by atoms with Crippen LogP contribution in [0.5, 0.6) is 0 Å². The Kier molecular flexibility index (Phi) is 4.14. The average Bonchev–Trinajstić information content (AvgIpc) is 2.32. The summed E-state index contributed by atoms with van der Waals surface area (Å²) in [6, 6.07) is 9.16. The third-order valence-corrected chi connectivity index (χ3v) is 3.46. The smallest absolute Gasteiger partial charge is 0.257 e. The van der Waals surface area contributed by atoms with Crippen LogP contribution in [0.15, 0.2) is 45.5 Å². The molecule has 18 heavy (non-hydrogen) atoms. The number of rotatable bonds is 2. The van der Waals surface area contributed by atoms with E-state index in [1.807, 2.05) is 25.1 Å². The maximum absolute atomic E-state index is 12.0. The van der Waals surface area contributed by atoms with Gasteiger partial charge in [-0.05, 0) is 68.6 Å². The molecule has 0 radical (unpaired) electrons. The van der Waals surface area contributed by atoms with E-state index < -0.39 is 0 Å². The lowest BCUT2D eigenvalue weighted by molar-refractivity contribution is 0.102. The van der Waals surface area contributed by atoms with Crippen molar-refractivity contribution >= 4 is 43.6 Å². The number of hydrogen-bond donors (Lipinski definition) is 1. The van der Waals surface area contributed by atoms with Gasteiger partial charge in [-0.15, -0.1) is 0 Å². The Morgan fingerprint density at radius 3 is 2.61 bits per heavy atom. The number of nitrogens with zero attached hydrogens (tertiary/aromatic N) is 1. The van der Waals surface area contributed by atoms with Gasteiger partial charge in [-0.1, -0.05) is 6.07 Å². The molecule has 0 saturated carbocycles. The molecule has 5 heteroatoms. The van der Waals surface area contributed by atoms with Gasteiger partial charge in [0.2, 0.25) is 0 Å². The van der Waals surface area contributed by atoms with Gasteiger partial charge >= 0.3 is 0 Å². The summed E-state index contributed by atoms with van der Waals surface area (Å²) in [5.74, 6) is 0.340. The van der Waals surface area contributed by atoms with Crippen molar-refractivity contribution in [1.82, 2.24) is 4.98 Å². The molecule has 1 heterocycles. The number of aryl methyl sites for hydroxylation is 1. The summed E-state index contributed by atoms with van der Waals surface area (Å²) in [7, 11) is 0. The zero-order chi connectivity index (χ0) is 13.1. The number of nitrogens with one attached hydrogen (secondary N) is 1. The molecule has 1 amide bonds. The Bertz CT molecular complexity index is 582. The summed E-state index contributed by atoms with van der Waals surface area (Å²) in [6.45, 7) is 1.97. The Hall–Kier alpha value is -1.20. The summed E-state index contributed by atoms with van der Waals surface area (Å²) >= 11 is 6.68. The third kappa shape index (κ3) is 3.17. The molecule has 0 atom stereocenters. The summed E-state index contributed by atoms with van der Waals surface area (Å²) < 4.78 is 1.65. The molecule has 0 saturated heterocycles. The van der Waals surface area contributed by atoms with Crippen molar-refractivity contribution in [2.24, 2.45) is 0 Å². The molecule has 0 spiro atoms. The highest BCUT2D eigenvalue weighted by atomic mass is 79.9. The van der Waals surface area contributed by atoms with Crippen LogP contribution in [0.4, 0.5) is 5.82 Å². The number of carbonyl (C=O) groups is 1. The SMILES string of the molecule is Cc1ccc(C(=O)Nc2ccc(Br)cn2)c(Br)c1. The Labute approximate surface area is 122 Å². The van der Waals surface area contributed by atoms with Gasteiger partial charge < -0.3 is 5.32 Å². The highest BCUT2D eigenvalue weighted by Crippen LogP contribution is 2.19. The monoisotopic (exact) mass is 368 g/mol. The highest BCUT2D eigenvalue weighted by molar-refractivity contribution is 9.10. The normalized spacial score (nSPS) is 10.2. The molecular formula is C13H10Br2N2O. The molecule has 1 aromatic heterocycles. The molecule has 0 aliphatic heterocycles. The van der Waals surface area contributed by atoms with E-state index in [9.17, 15) is 4.79 Å². The molecule has 2 rings (SSSR count). The van der Waals surface area contributed by atoms with E-state index in [1.165, 1.54) is 0 Å². The summed E-state index contributed by atoms with van der Waals surface area (Å²) in [6.07, 6.45) is 1.64. The summed E-state index contributed by atoms with van der Waals surface area (Å²) in [4.78, 5) is 16.1. The van der Waals surface area contributed by atoms with E-state index in [1.54, 1.807) is 18.3 Å². The Balaban J connectivity index is 2.19. The van der Waals surface area contributed by atoms with Crippen molar-refractivity contribution in [1.29, 1.82) is 0 Å². The third-order valence-electron chi connectivity index (χ3n) is 2.34. The highest BCUT2D eigenvalue weighted by Gasteiger charge is 2.10. The van der Waals surface area contributed by atoms with Gasteiger partial charge in [-0.3, -0.25) is 4.79 Å². The lowest BCUT2D eigenvalue weighted by atomic mass is 10.1. The lowest BCUT2D eigenvalue weighted by Gasteiger charge is -2.06. The first-order valence-corrected chi connectivity index (χ1v) is 6.84. The zero-order valence-electron chi connectivity index (χ0n) is 9.58. The van der Waals surface area contributed by atoms with Crippen molar-refractivity contribution in [3.63, 3.8) is 0 Å². The number of pyridine rings is 1. The minimum Gasteiger partial charge on any atom is -0.307 e. The molecule has 0 unspecified atom stereocenters. The number of amides is 1. The second-order valence-corrected chi connectivity index (χ2v) is 5.57. The van der Waals surface area contributed by atoms with E-state index in [-0.39, 0.29) is 5.91 Å². The van der Waals surface area contributed by atoms with Crippen LogP contribution in [0.25, 0.3) is 0 Å². The molecule has 2 aromatic rings. The van der Waals surface area contributed by atoms with Crippen LogP contribution in [-0.2, 0) is 0 Å². The molecule has 1 N–H and O–H groups in total. The van der Waals surface area contributed by atoms with Gasteiger partial charge in [0.1, 0.15) is 5.82 Å². The van der Waals surface area contributed by atoms with Crippen LogP contribution in [0.3, 0.4) is 0 Å². The molecule has 3 nitrogen and oxygen atoms in total. The molecule has 0 aliphatic rings. The minimum absolute atomic E-state index is 0.184. The standard InChI is InChI=1S/C13H10Br2N2O/c1-8-2-4-10(11(15)6-8)13(18)17-12-5-3-9(14)7-16-12/h2-7H,1H3,(H,16,17,18). The molecule has 0 fully saturated rings. The average molecular weight is 370 g/mol. The van der Waals surface area contributed by atoms with Crippen LogP contribution in [0.2, 0.25) is 0 Å². The van der Waals surface area contributed by atoms with Crippen LogP contribution in [0, 0.1) is 6.92 Å². The van der Waals surface area contributed by atoms with Gasteiger partial charge in [0.15, 0.2) is 0 Å². The van der Waals surface area contributed by atoms with Crippen LogP contribution in [-0.4, -0.2) is 10.9 Å². The van der Waals surface area contributed by atoms with Crippen molar-refractivity contribution in [2.75, 3.05) is 5.32 Å². The number of benzene rings is 1. The molecular weight excluding hydrogens is 360 g/mol. The van der Waals surface area contributed by atoms with Crippen molar-refractivity contribution < 1.29 is 4.79 Å². The molecule has 0 bridgehead atoms. The first-order valence-electron chi connectivity index (χ1n) is 5.25. The van der Waals surface area contributed by atoms with Crippen molar-refractivity contribution in [2.45, 2.75) is 6.92 Å². The number of carbonyl (C=O) groups excluding carboxylic acids is 1. The fourth-order valence-electron chi connectivity index (χ4n) is 1.44. The van der Waals surface area contributed by atoms with Gasteiger partial charge in [-0.25, -0.2) is 4.98 Å². The van der Waals surface area contributed by atoms with E-state index in [2.05, 4.69) is 42.2 Å². The van der Waals surface area contributed by atoms with E-state index >= 15 is 0 Å². The maximum Gasteiger partial charge on any atom is 0.257 e. The van der Waals surface area contributed by atoms with Crippen LogP contribution in [0.1, 0.15) is 15.9 Å². The maximum atomic E-state index is 12.0. The second kappa shape index (κ2) is 5.63. The topological polar surface area (TPSA) is 42.0 Å². The fourth-order valence-corrected chi connectivity index (χ4v) is 2.35. The number of halogens is 2. The van der Waals surface area contributed by atoms with Gasteiger partial charge in [-0.2, -0.15) is 0 Å². The minimum atomic E-state index is -0.184. The zero-order valence-corrected chi connectivity index (χ0v) is 12.7. The first-order chi connectivity index (χ1) is 8.56. The molecule has 0 aliphatic carbocycles. The first kappa shape index (κ1) is 13.2. The number of aromatic nitrogens is 1. The largest absolute Gasteiger partial charge is 0.307 e. The molecule has 1 aromatic carbocycles. The summed E-state index contributed by atoms with van der Waals surface area (Å²) in [5.41, 5.74) is 1.69. The van der Waals surface area contributed by atoms with Crippen molar-refractivity contribution in [3.8, 4) is 0 Å². The molecule has 92 valence electrons. The second-order valence-electron chi connectivity index (χ2n) is 3.80. The van der Waals surface area contributed by atoms with Crippen LogP contribution >= 0.6 is 31.9 Å². The summed E-state index contributed by atoms with van der Waals surface area (Å²) in [5, 5.41) is 2.74. The van der Waals surface area contributed by atoms with Gasteiger partial charge in [0, 0.05) is 15.1 Å². The lowest BCUT2D eigenvalue weighted by Crippen LogP contribution is -2.13. The predicted octanol–water partition coefficient (Wildman–Crippen LogP) is 4.17. The van der Waals surface area contributed by atoms with E-state index in [4.69, 9.17) is 0 Å². The van der Waals surface area contributed by atoms with Crippen LogP contribution < -0.4 is 5.32 Å². The van der Waals surface area contributed by atoms with Gasteiger partial charge in [0.05, 0.1) is 5.56 Å². The number of anilines is 1. The van der Waals surface area contributed by atoms with Crippen molar-refractivity contribution in [3.05, 3.63) is 56.6 Å². The quantitative estimate of drug-likeness (QED) is 0.863.